The molecule has 3 rings (SSSR count). The predicted molar refractivity (Wildman–Crippen MR) is 81.1 cm³/mol. The Hall–Kier alpha value is -1.92. The van der Waals surface area contributed by atoms with Gasteiger partial charge in [-0.25, -0.2) is 13.4 Å². The van der Waals surface area contributed by atoms with Crippen LogP contribution in [0.15, 0.2) is 48.5 Å². The molecule has 0 aliphatic heterocycles. The Balaban J connectivity index is 1.82. The summed E-state index contributed by atoms with van der Waals surface area (Å²) in [6.07, 6.45) is 0. The van der Waals surface area contributed by atoms with E-state index in [9.17, 15) is 8.42 Å². The first-order valence-corrected chi connectivity index (χ1v) is 8.40. The summed E-state index contributed by atoms with van der Waals surface area (Å²) in [7, 11) is -3.42. The molecule has 0 aliphatic carbocycles. The van der Waals surface area contributed by atoms with Crippen LogP contribution in [-0.2, 0) is 15.8 Å². The summed E-state index contributed by atoms with van der Waals surface area (Å²) in [5.74, 6) is -0.0410. The van der Waals surface area contributed by atoms with E-state index < -0.39 is 10.0 Å². The monoisotopic (exact) mass is 303 g/mol. The molecule has 4 nitrogen and oxygen atoms in total. The highest BCUT2D eigenvalue weighted by atomic mass is 32.2. The zero-order valence-corrected chi connectivity index (χ0v) is 12.0. The molecule has 0 bridgehead atoms. The van der Waals surface area contributed by atoms with Crippen molar-refractivity contribution in [2.75, 3.05) is 4.72 Å². The Morgan fingerprint density at radius 1 is 1.15 bits per heavy atom. The standard InChI is InChI=1S/C14H11N2O2S2/c17-20(18,9-11-4-2-1-3-5-11)16-12-6-7-13-14(8-12)19-10-15-13/h1-8,16H,9H2. The third kappa shape index (κ3) is 2.97. The molecule has 0 saturated carbocycles. The van der Waals surface area contributed by atoms with E-state index in [4.69, 9.17) is 0 Å². The molecule has 1 radical (unpaired) electrons. The van der Waals surface area contributed by atoms with E-state index in [2.05, 4.69) is 15.2 Å². The normalized spacial score (nSPS) is 11.6. The quantitative estimate of drug-likeness (QED) is 0.806. The summed E-state index contributed by atoms with van der Waals surface area (Å²) in [4.78, 5) is 4.04. The predicted octanol–water partition coefficient (Wildman–Crippen LogP) is 3.04. The van der Waals surface area contributed by atoms with Gasteiger partial charge in [0.15, 0.2) is 5.51 Å². The minimum atomic E-state index is -3.42. The van der Waals surface area contributed by atoms with Crippen LogP contribution in [0.1, 0.15) is 5.56 Å². The van der Waals surface area contributed by atoms with Crippen molar-refractivity contribution in [2.45, 2.75) is 5.75 Å². The number of sulfonamides is 1. The molecule has 3 aromatic rings. The van der Waals surface area contributed by atoms with Gasteiger partial charge in [-0.15, -0.1) is 11.3 Å². The van der Waals surface area contributed by atoms with Crippen molar-refractivity contribution < 1.29 is 8.42 Å². The fourth-order valence-electron chi connectivity index (χ4n) is 1.88. The number of aromatic nitrogens is 1. The first-order valence-electron chi connectivity index (χ1n) is 5.93. The summed E-state index contributed by atoms with van der Waals surface area (Å²) >= 11 is 1.36. The molecule has 2 aromatic carbocycles. The van der Waals surface area contributed by atoms with Gasteiger partial charge in [-0.1, -0.05) is 30.3 Å². The van der Waals surface area contributed by atoms with Crippen LogP contribution in [0, 0.1) is 5.51 Å². The number of rotatable bonds is 4. The summed E-state index contributed by atoms with van der Waals surface area (Å²) in [5, 5.41) is 0. The summed E-state index contributed by atoms with van der Waals surface area (Å²) in [6.45, 7) is 0. The van der Waals surface area contributed by atoms with E-state index in [0.29, 0.717) is 5.69 Å². The van der Waals surface area contributed by atoms with E-state index >= 15 is 0 Å². The van der Waals surface area contributed by atoms with Crippen LogP contribution in [-0.4, -0.2) is 13.4 Å². The minimum Gasteiger partial charge on any atom is -0.283 e. The Kier molecular flexibility index (Phi) is 3.42. The van der Waals surface area contributed by atoms with Gasteiger partial charge in [0.05, 0.1) is 21.7 Å². The van der Waals surface area contributed by atoms with Crippen molar-refractivity contribution in [3.8, 4) is 0 Å². The van der Waals surface area contributed by atoms with Gasteiger partial charge < -0.3 is 0 Å². The lowest BCUT2D eigenvalue weighted by Crippen LogP contribution is -2.14. The molecule has 1 N–H and O–H groups in total. The van der Waals surface area contributed by atoms with Gasteiger partial charge in [-0.3, -0.25) is 4.72 Å². The second-order valence-corrected chi connectivity index (χ2v) is 6.88. The van der Waals surface area contributed by atoms with E-state index in [1.807, 2.05) is 18.2 Å². The zero-order chi connectivity index (χ0) is 14.0. The highest BCUT2D eigenvalue weighted by molar-refractivity contribution is 7.91. The van der Waals surface area contributed by atoms with Crippen LogP contribution < -0.4 is 4.72 Å². The Bertz CT molecular complexity index is 827. The lowest BCUT2D eigenvalue weighted by Gasteiger charge is -2.08. The van der Waals surface area contributed by atoms with Crippen LogP contribution in [0.25, 0.3) is 10.2 Å². The zero-order valence-electron chi connectivity index (χ0n) is 10.4. The molecule has 0 atom stereocenters. The number of benzene rings is 2. The summed E-state index contributed by atoms with van der Waals surface area (Å²) in [5.41, 5.74) is 4.91. The second kappa shape index (κ2) is 5.22. The second-order valence-electron chi connectivity index (χ2n) is 4.33. The molecule has 0 fully saturated rings. The van der Waals surface area contributed by atoms with Crippen LogP contribution in [0.3, 0.4) is 0 Å². The molecular formula is C14H11N2O2S2. The van der Waals surface area contributed by atoms with Crippen LogP contribution in [0.5, 0.6) is 0 Å². The lowest BCUT2D eigenvalue weighted by molar-refractivity contribution is 0.600. The lowest BCUT2D eigenvalue weighted by atomic mass is 10.2. The first kappa shape index (κ1) is 13.1. The van der Waals surface area contributed by atoms with Gasteiger partial charge in [0.2, 0.25) is 10.0 Å². The Morgan fingerprint density at radius 3 is 2.75 bits per heavy atom. The SMILES string of the molecule is O=S(=O)(Cc1ccccc1)Nc1ccc2n[c]sc2c1. The fraction of sp³-hybridized carbons (Fsp3) is 0.0714. The van der Waals surface area contributed by atoms with Crippen LogP contribution in [0.2, 0.25) is 0 Å². The van der Waals surface area contributed by atoms with Gasteiger partial charge in [-0.05, 0) is 23.8 Å². The molecule has 20 heavy (non-hydrogen) atoms. The molecule has 101 valence electrons. The average molecular weight is 303 g/mol. The Labute approximate surface area is 121 Å². The number of thiazole rings is 1. The van der Waals surface area contributed by atoms with Crippen molar-refractivity contribution in [2.24, 2.45) is 0 Å². The first-order chi connectivity index (χ1) is 9.62. The van der Waals surface area contributed by atoms with Crippen molar-refractivity contribution in [3.05, 3.63) is 59.6 Å². The van der Waals surface area contributed by atoms with E-state index in [-0.39, 0.29) is 5.75 Å². The summed E-state index contributed by atoms with van der Waals surface area (Å²) in [6, 6.07) is 14.3. The van der Waals surface area contributed by atoms with Crippen LogP contribution in [0.4, 0.5) is 5.69 Å². The molecule has 0 spiro atoms. The highest BCUT2D eigenvalue weighted by Gasteiger charge is 2.12. The minimum absolute atomic E-state index is 0.0410. The molecule has 1 heterocycles. The van der Waals surface area contributed by atoms with Gasteiger partial charge in [0, 0.05) is 0 Å². The maximum Gasteiger partial charge on any atom is 0.236 e. The van der Waals surface area contributed by atoms with Gasteiger partial charge in [0.25, 0.3) is 0 Å². The van der Waals surface area contributed by atoms with Crippen molar-refractivity contribution in [1.29, 1.82) is 0 Å². The Morgan fingerprint density at radius 2 is 1.95 bits per heavy atom. The number of anilines is 1. The maximum atomic E-state index is 12.1. The molecule has 1 aromatic heterocycles. The molecule has 0 saturated heterocycles. The van der Waals surface area contributed by atoms with Gasteiger partial charge in [0.1, 0.15) is 0 Å². The van der Waals surface area contributed by atoms with Gasteiger partial charge >= 0.3 is 0 Å². The molecule has 0 amide bonds. The number of nitrogens with zero attached hydrogens (tertiary/aromatic N) is 1. The molecule has 6 heteroatoms. The number of nitrogens with one attached hydrogen (secondary N) is 1. The maximum absolute atomic E-state index is 12.1. The average Bonchev–Trinajstić information content (AvgIpc) is 2.86. The fourth-order valence-corrected chi connectivity index (χ4v) is 3.72. The van der Waals surface area contributed by atoms with Crippen molar-refractivity contribution >= 4 is 37.3 Å². The van der Waals surface area contributed by atoms with Gasteiger partial charge in [-0.2, -0.15) is 0 Å². The number of hydrogen-bond donors (Lipinski definition) is 1. The topological polar surface area (TPSA) is 59.1 Å². The van der Waals surface area contributed by atoms with Crippen molar-refractivity contribution in [1.82, 2.24) is 4.98 Å². The highest BCUT2D eigenvalue weighted by Crippen LogP contribution is 2.22. The number of hydrogen-bond acceptors (Lipinski definition) is 4. The largest absolute Gasteiger partial charge is 0.283 e. The van der Waals surface area contributed by atoms with Crippen LogP contribution >= 0.6 is 11.3 Å². The third-order valence-electron chi connectivity index (χ3n) is 2.75. The molecular weight excluding hydrogens is 292 g/mol. The summed E-state index contributed by atoms with van der Waals surface area (Å²) < 4.78 is 27.7. The third-order valence-corrected chi connectivity index (χ3v) is 4.74. The smallest absolute Gasteiger partial charge is 0.236 e. The van der Waals surface area contributed by atoms with E-state index in [0.717, 1.165) is 15.8 Å². The number of fused-ring (bicyclic) bond motifs is 1. The van der Waals surface area contributed by atoms with E-state index in [1.54, 1.807) is 30.3 Å². The molecule has 0 unspecified atom stereocenters. The van der Waals surface area contributed by atoms with Crippen molar-refractivity contribution in [3.63, 3.8) is 0 Å². The molecule has 0 aliphatic rings. The van der Waals surface area contributed by atoms with E-state index in [1.165, 1.54) is 11.3 Å².